The molecule has 0 aliphatic heterocycles. The summed E-state index contributed by atoms with van der Waals surface area (Å²) in [6.07, 6.45) is -0.543. The number of rotatable bonds is 6. The topological polar surface area (TPSA) is 67.4 Å². The predicted octanol–water partition coefficient (Wildman–Crippen LogP) is 2.51. The number of ether oxygens (including phenoxy) is 1. The van der Waals surface area contributed by atoms with E-state index in [2.05, 4.69) is 10.6 Å². The number of carbonyl (C=O) groups is 2. The quantitative estimate of drug-likeness (QED) is 0.791. The van der Waals surface area contributed by atoms with Crippen LogP contribution in [-0.4, -0.2) is 25.5 Å². The molecule has 0 aliphatic rings. The summed E-state index contributed by atoms with van der Waals surface area (Å²) in [5.41, 5.74) is 1.49. The van der Waals surface area contributed by atoms with Crippen LogP contribution < -0.4 is 10.6 Å². The van der Waals surface area contributed by atoms with Gasteiger partial charge in [-0.3, -0.25) is 9.59 Å². The monoisotopic (exact) mass is 344 g/mol. The zero-order valence-corrected chi connectivity index (χ0v) is 14.2. The predicted molar refractivity (Wildman–Crippen MR) is 92.2 cm³/mol. The first-order chi connectivity index (χ1) is 12.0. The van der Waals surface area contributed by atoms with Gasteiger partial charge >= 0.3 is 11.8 Å². The van der Waals surface area contributed by atoms with Gasteiger partial charge in [-0.2, -0.15) is 0 Å². The number of hydrogen-bond acceptors (Lipinski definition) is 3. The minimum Gasteiger partial charge on any atom is -0.375 e. The first-order valence-corrected chi connectivity index (χ1v) is 7.93. The van der Waals surface area contributed by atoms with Gasteiger partial charge in [0.1, 0.15) is 5.82 Å². The molecule has 6 heteroatoms. The number of amides is 2. The second-order valence-electron chi connectivity index (χ2n) is 5.60. The third-order valence-corrected chi connectivity index (χ3v) is 3.81. The van der Waals surface area contributed by atoms with Crippen molar-refractivity contribution < 1.29 is 18.7 Å². The highest BCUT2D eigenvalue weighted by Crippen LogP contribution is 2.16. The maximum Gasteiger partial charge on any atom is 0.309 e. The van der Waals surface area contributed by atoms with Crippen molar-refractivity contribution >= 4 is 11.8 Å². The Morgan fingerprint density at radius 1 is 1.04 bits per heavy atom. The van der Waals surface area contributed by atoms with Gasteiger partial charge in [-0.1, -0.05) is 42.5 Å². The van der Waals surface area contributed by atoms with Crippen LogP contribution in [0.4, 0.5) is 4.39 Å². The highest BCUT2D eigenvalue weighted by molar-refractivity contribution is 6.35. The summed E-state index contributed by atoms with van der Waals surface area (Å²) in [5.74, 6) is -1.88. The lowest BCUT2D eigenvalue weighted by atomic mass is 10.1. The molecule has 0 heterocycles. The molecule has 2 rings (SSSR count). The fourth-order valence-corrected chi connectivity index (χ4v) is 2.40. The number of nitrogens with one attached hydrogen (secondary N) is 2. The highest BCUT2D eigenvalue weighted by Gasteiger charge is 2.19. The Bertz CT molecular complexity index is 722. The van der Waals surface area contributed by atoms with Gasteiger partial charge in [-0.05, 0) is 30.2 Å². The van der Waals surface area contributed by atoms with Crippen LogP contribution in [-0.2, 0) is 14.3 Å². The molecule has 0 saturated heterocycles. The molecule has 25 heavy (non-hydrogen) atoms. The fraction of sp³-hybridized carbons (Fsp3) is 0.263. The standard InChI is InChI=1S/C19H21FN2O3/c1-13(14-7-4-3-5-8-14)22-19(24)18(23)21-12-17(25-2)15-9-6-10-16(20)11-15/h3-11,13,17H,12H2,1-2H3,(H,21,23)(H,22,24). The number of methoxy groups -OCH3 is 1. The zero-order valence-electron chi connectivity index (χ0n) is 14.2. The van der Waals surface area contributed by atoms with E-state index < -0.39 is 17.9 Å². The SMILES string of the molecule is COC(CNC(=O)C(=O)NC(C)c1ccccc1)c1cccc(F)c1. The molecule has 132 valence electrons. The molecule has 0 radical (unpaired) electrons. The summed E-state index contributed by atoms with van der Waals surface area (Å²) in [7, 11) is 1.46. The average molecular weight is 344 g/mol. The van der Waals surface area contributed by atoms with E-state index in [4.69, 9.17) is 4.74 Å². The number of hydrogen-bond donors (Lipinski definition) is 2. The van der Waals surface area contributed by atoms with Crippen LogP contribution in [0, 0.1) is 5.82 Å². The third-order valence-electron chi connectivity index (χ3n) is 3.81. The van der Waals surface area contributed by atoms with Crippen LogP contribution in [0.5, 0.6) is 0 Å². The summed E-state index contributed by atoms with van der Waals surface area (Å²) >= 11 is 0. The van der Waals surface area contributed by atoms with Gasteiger partial charge in [-0.25, -0.2) is 4.39 Å². The molecule has 0 aromatic heterocycles. The summed E-state index contributed by atoms with van der Waals surface area (Å²) in [4.78, 5) is 24.0. The van der Waals surface area contributed by atoms with Crippen LogP contribution in [0.1, 0.15) is 30.2 Å². The maximum absolute atomic E-state index is 13.3. The van der Waals surface area contributed by atoms with Crippen LogP contribution in [0.2, 0.25) is 0 Å². The van der Waals surface area contributed by atoms with Gasteiger partial charge in [0.2, 0.25) is 0 Å². The summed E-state index contributed by atoms with van der Waals surface area (Å²) in [6.45, 7) is 1.86. The van der Waals surface area contributed by atoms with Crippen molar-refractivity contribution in [1.29, 1.82) is 0 Å². The van der Waals surface area contributed by atoms with E-state index in [0.717, 1.165) is 5.56 Å². The van der Waals surface area contributed by atoms with Crippen molar-refractivity contribution in [3.05, 3.63) is 71.5 Å². The minimum atomic E-state index is -0.763. The molecular weight excluding hydrogens is 323 g/mol. The van der Waals surface area contributed by atoms with E-state index in [1.165, 1.54) is 19.2 Å². The smallest absolute Gasteiger partial charge is 0.309 e. The Morgan fingerprint density at radius 3 is 2.36 bits per heavy atom. The van der Waals surface area contributed by atoms with Crippen molar-refractivity contribution in [1.82, 2.24) is 10.6 Å². The van der Waals surface area contributed by atoms with E-state index in [9.17, 15) is 14.0 Å². The first kappa shape index (κ1) is 18.6. The Kier molecular flexibility index (Phi) is 6.65. The lowest BCUT2D eigenvalue weighted by Gasteiger charge is -2.17. The van der Waals surface area contributed by atoms with Crippen LogP contribution >= 0.6 is 0 Å². The van der Waals surface area contributed by atoms with Crippen LogP contribution in [0.3, 0.4) is 0 Å². The molecule has 2 amide bonds. The Balaban J connectivity index is 1.89. The van der Waals surface area contributed by atoms with E-state index in [1.807, 2.05) is 30.3 Å². The molecule has 0 saturated carbocycles. The van der Waals surface area contributed by atoms with E-state index in [-0.39, 0.29) is 18.4 Å². The van der Waals surface area contributed by atoms with Crippen molar-refractivity contribution in [3.8, 4) is 0 Å². The molecule has 0 bridgehead atoms. The van der Waals surface area contributed by atoms with Crippen LogP contribution in [0.25, 0.3) is 0 Å². The molecule has 0 aliphatic carbocycles. The molecule has 5 nitrogen and oxygen atoms in total. The molecule has 2 aromatic carbocycles. The largest absolute Gasteiger partial charge is 0.375 e. The van der Waals surface area contributed by atoms with Crippen molar-refractivity contribution in [3.63, 3.8) is 0 Å². The fourth-order valence-electron chi connectivity index (χ4n) is 2.40. The molecule has 2 unspecified atom stereocenters. The molecule has 0 spiro atoms. The lowest BCUT2D eigenvalue weighted by molar-refractivity contribution is -0.139. The average Bonchev–Trinajstić information content (AvgIpc) is 2.62. The van der Waals surface area contributed by atoms with Crippen molar-refractivity contribution in [2.24, 2.45) is 0 Å². The lowest BCUT2D eigenvalue weighted by Crippen LogP contribution is -2.42. The van der Waals surface area contributed by atoms with Gasteiger partial charge in [0.25, 0.3) is 0 Å². The Morgan fingerprint density at radius 2 is 1.72 bits per heavy atom. The van der Waals surface area contributed by atoms with E-state index >= 15 is 0 Å². The van der Waals surface area contributed by atoms with Crippen LogP contribution in [0.15, 0.2) is 54.6 Å². The molecule has 0 fully saturated rings. The normalized spacial score (nSPS) is 12.9. The molecule has 2 aromatic rings. The summed E-state index contributed by atoms with van der Waals surface area (Å²) in [5, 5.41) is 5.14. The molecule has 2 atom stereocenters. The number of benzene rings is 2. The van der Waals surface area contributed by atoms with E-state index in [0.29, 0.717) is 5.56 Å². The van der Waals surface area contributed by atoms with Gasteiger partial charge in [0.15, 0.2) is 0 Å². The maximum atomic E-state index is 13.3. The molecular formula is C19H21FN2O3. The summed E-state index contributed by atoms with van der Waals surface area (Å²) in [6, 6.07) is 15.0. The first-order valence-electron chi connectivity index (χ1n) is 7.93. The Labute approximate surface area is 146 Å². The van der Waals surface area contributed by atoms with Gasteiger partial charge in [0, 0.05) is 13.7 Å². The van der Waals surface area contributed by atoms with Gasteiger partial charge in [0.05, 0.1) is 12.1 Å². The second-order valence-corrected chi connectivity index (χ2v) is 5.60. The highest BCUT2D eigenvalue weighted by atomic mass is 19.1. The summed E-state index contributed by atoms with van der Waals surface area (Å²) < 4.78 is 18.5. The second kappa shape index (κ2) is 8.94. The van der Waals surface area contributed by atoms with Crippen molar-refractivity contribution in [2.45, 2.75) is 19.1 Å². The minimum absolute atomic E-state index is 0.0614. The van der Waals surface area contributed by atoms with Gasteiger partial charge in [-0.15, -0.1) is 0 Å². The van der Waals surface area contributed by atoms with Gasteiger partial charge < -0.3 is 15.4 Å². The third kappa shape index (κ3) is 5.39. The number of carbonyl (C=O) groups excluding carboxylic acids is 2. The Hall–Kier alpha value is -2.73. The zero-order chi connectivity index (χ0) is 18.2. The van der Waals surface area contributed by atoms with E-state index in [1.54, 1.807) is 19.1 Å². The number of halogens is 1. The van der Waals surface area contributed by atoms with Crippen molar-refractivity contribution in [2.75, 3.05) is 13.7 Å². The molecule has 2 N–H and O–H groups in total.